The van der Waals surface area contributed by atoms with Gasteiger partial charge in [-0.1, -0.05) is 13.8 Å². The summed E-state index contributed by atoms with van der Waals surface area (Å²) in [5.74, 6) is 2.34. The SMILES string of the molecule is Cc1c(N)nc(C(C)C)nc1N1CC(CO)OC(C)(C)C1. The van der Waals surface area contributed by atoms with E-state index < -0.39 is 0 Å². The summed E-state index contributed by atoms with van der Waals surface area (Å²) in [7, 11) is 0. The lowest BCUT2D eigenvalue weighted by molar-refractivity contribution is -0.101. The van der Waals surface area contributed by atoms with E-state index in [1.54, 1.807) is 0 Å². The first kappa shape index (κ1) is 16.0. The number of ether oxygens (including phenoxy) is 1. The predicted molar refractivity (Wildman–Crippen MR) is 83.5 cm³/mol. The first-order valence-electron chi connectivity index (χ1n) is 7.41. The van der Waals surface area contributed by atoms with Crippen LogP contribution in [-0.4, -0.2) is 46.5 Å². The Morgan fingerprint density at radius 2 is 2.10 bits per heavy atom. The van der Waals surface area contributed by atoms with Gasteiger partial charge in [-0.2, -0.15) is 0 Å². The van der Waals surface area contributed by atoms with Crippen LogP contribution in [0.1, 0.15) is 45.0 Å². The Kier molecular flexibility index (Phi) is 4.39. The van der Waals surface area contributed by atoms with Gasteiger partial charge in [-0.25, -0.2) is 9.97 Å². The lowest BCUT2D eigenvalue weighted by atomic mass is 10.0. The maximum atomic E-state index is 9.45. The minimum absolute atomic E-state index is 0.00339. The van der Waals surface area contributed by atoms with Crippen molar-refractivity contribution in [3.8, 4) is 0 Å². The molecule has 2 rings (SSSR count). The highest BCUT2D eigenvalue weighted by Crippen LogP contribution is 2.29. The lowest BCUT2D eigenvalue weighted by Crippen LogP contribution is -2.54. The molecule has 1 aromatic rings. The molecule has 0 aromatic carbocycles. The van der Waals surface area contributed by atoms with Gasteiger partial charge in [0, 0.05) is 24.6 Å². The zero-order chi connectivity index (χ0) is 15.8. The molecule has 1 unspecified atom stereocenters. The summed E-state index contributed by atoms with van der Waals surface area (Å²) in [5, 5.41) is 9.45. The van der Waals surface area contributed by atoms with Crippen LogP contribution in [0, 0.1) is 6.92 Å². The zero-order valence-electron chi connectivity index (χ0n) is 13.6. The second kappa shape index (κ2) is 5.77. The number of hydrogen-bond acceptors (Lipinski definition) is 6. The standard InChI is InChI=1S/C15H26N4O2/c1-9(2)13-17-12(16)10(3)14(18-13)19-6-11(7-20)21-15(4,5)8-19/h9,11,20H,6-8H2,1-5H3,(H2,16,17,18). The molecule has 0 spiro atoms. The number of aliphatic hydroxyl groups excluding tert-OH is 1. The third-order valence-corrected chi connectivity index (χ3v) is 3.68. The van der Waals surface area contributed by atoms with Gasteiger partial charge in [0.2, 0.25) is 0 Å². The molecule has 0 amide bonds. The molecular weight excluding hydrogens is 268 g/mol. The first-order chi connectivity index (χ1) is 9.73. The fourth-order valence-electron chi connectivity index (χ4n) is 2.66. The van der Waals surface area contributed by atoms with Gasteiger partial charge in [-0.15, -0.1) is 0 Å². The monoisotopic (exact) mass is 294 g/mol. The van der Waals surface area contributed by atoms with Crippen LogP contribution >= 0.6 is 0 Å². The molecule has 3 N–H and O–H groups in total. The summed E-state index contributed by atoms with van der Waals surface area (Å²) in [5.41, 5.74) is 6.59. The molecule has 0 aliphatic carbocycles. The highest BCUT2D eigenvalue weighted by atomic mass is 16.5. The quantitative estimate of drug-likeness (QED) is 0.878. The molecule has 0 radical (unpaired) electrons. The highest BCUT2D eigenvalue weighted by Gasteiger charge is 2.34. The van der Waals surface area contributed by atoms with Crippen molar-refractivity contribution in [3.63, 3.8) is 0 Å². The summed E-state index contributed by atoms with van der Waals surface area (Å²) in [4.78, 5) is 11.2. The Bertz CT molecular complexity index is 517. The van der Waals surface area contributed by atoms with Gasteiger partial charge in [-0.3, -0.25) is 0 Å². The van der Waals surface area contributed by atoms with Crippen molar-refractivity contribution in [2.45, 2.75) is 52.2 Å². The van der Waals surface area contributed by atoms with Gasteiger partial charge in [-0.05, 0) is 20.8 Å². The smallest absolute Gasteiger partial charge is 0.137 e. The van der Waals surface area contributed by atoms with Crippen LogP contribution in [0.4, 0.5) is 11.6 Å². The Balaban J connectivity index is 2.40. The first-order valence-corrected chi connectivity index (χ1v) is 7.41. The topological polar surface area (TPSA) is 84.5 Å². The molecule has 1 aromatic heterocycles. The van der Waals surface area contributed by atoms with E-state index in [9.17, 15) is 5.11 Å². The van der Waals surface area contributed by atoms with E-state index in [-0.39, 0.29) is 24.2 Å². The lowest BCUT2D eigenvalue weighted by Gasteiger charge is -2.43. The molecular formula is C15H26N4O2. The number of nitrogens with two attached hydrogens (primary N) is 1. The average molecular weight is 294 g/mol. The van der Waals surface area contributed by atoms with Gasteiger partial charge < -0.3 is 20.5 Å². The largest absolute Gasteiger partial charge is 0.394 e. The van der Waals surface area contributed by atoms with Crippen LogP contribution in [0.25, 0.3) is 0 Å². The Morgan fingerprint density at radius 1 is 1.43 bits per heavy atom. The minimum Gasteiger partial charge on any atom is -0.394 e. The fourth-order valence-corrected chi connectivity index (χ4v) is 2.66. The fraction of sp³-hybridized carbons (Fsp3) is 0.733. The normalized spacial score (nSPS) is 21.9. The molecule has 1 aliphatic heterocycles. The van der Waals surface area contributed by atoms with E-state index in [1.807, 2.05) is 34.6 Å². The number of nitrogen functional groups attached to an aromatic ring is 1. The Labute approximate surface area is 126 Å². The third kappa shape index (κ3) is 3.44. The van der Waals surface area contributed by atoms with Gasteiger partial charge >= 0.3 is 0 Å². The van der Waals surface area contributed by atoms with Gasteiger partial charge in [0.25, 0.3) is 0 Å². The van der Waals surface area contributed by atoms with Crippen LogP contribution in [0.3, 0.4) is 0 Å². The van der Waals surface area contributed by atoms with Crippen molar-refractivity contribution in [3.05, 3.63) is 11.4 Å². The molecule has 1 atom stereocenters. The molecule has 2 heterocycles. The number of aliphatic hydroxyl groups is 1. The molecule has 6 nitrogen and oxygen atoms in total. The van der Waals surface area contributed by atoms with Crippen LogP contribution in [0.15, 0.2) is 0 Å². The summed E-state index contributed by atoms with van der Waals surface area (Å²) >= 11 is 0. The van der Waals surface area contributed by atoms with E-state index in [2.05, 4.69) is 14.9 Å². The summed E-state index contributed by atoms with van der Waals surface area (Å²) in [6.07, 6.45) is -0.216. The van der Waals surface area contributed by atoms with Crippen molar-refractivity contribution < 1.29 is 9.84 Å². The second-order valence-electron chi connectivity index (χ2n) is 6.63. The van der Waals surface area contributed by atoms with Crippen molar-refractivity contribution in [1.82, 2.24) is 9.97 Å². The summed E-state index contributed by atoms with van der Waals surface area (Å²) < 4.78 is 5.86. The van der Waals surface area contributed by atoms with Crippen LogP contribution < -0.4 is 10.6 Å². The van der Waals surface area contributed by atoms with Crippen molar-refractivity contribution >= 4 is 11.6 Å². The van der Waals surface area contributed by atoms with E-state index in [0.717, 1.165) is 17.2 Å². The summed E-state index contributed by atoms with van der Waals surface area (Å²) in [6, 6.07) is 0. The Morgan fingerprint density at radius 3 is 2.67 bits per heavy atom. The van der Waals surface area contributed by atoms with E-state index in [4.69, 9.17) is 10.5 Å². The molecule has 0 saturated carbocycles. The molecule has 0 bridgehead atoms. The predicted octanol–water partition coefficient (Wildman–Crippen LogP) is 1.47. The highest BCUT2D eigenvalue weighted by molar-refractivity contribution is 5.57. The van der Waals surface area contributed by atoms with Crippen molar-refractivity contribution in [2.75, 3.05) is 30.3 Å². The molecule has 1 aliphatic rings. The van der Waals surface area contributed by atoms with Gasteiger partial charge in [0.05, 0.1) is 18.3 Å². The van der Waals surface area contributed by atoms with Crippen LogP contribution in [-0.2, 0) is 4.74 Å². The number of rotatable bonds is 3. The van der Waals surface area contributed by atoms with Crippen molar-refractivity contribution in [1.29, 1.82) is 0 Å². The molecule has 21 heavy (non-hydrogen) atoms. The maximum absolute atomic E-state index is 9.45. The maximum Gasteiger partial charge on any atom is 0.137 e. The summed E-state index contributed by atoms with van der Waals surface area (Å²) in [6.45, 7) is 11.4. The van der Waals surface area contributed by atoms with Gasteiger partial charge in [0.1, 0.15) is 17.5 Å². The van der Waals surface area contributed by atoms with Crippen molar-refractivity contribution in [2.24, 2.45) is 0 Å². The average Bonchev–Trinajstić information content (AvgIpc) is 2.39. The van der Waals surface area contributed by atoms with Crippen LogP contribution in [0.5, 0.6) is 0 Å². The number of anilines is 2. The zero-order valence-corrected chi connectivity index (χ0v) is 13.6. The van der Waals surface area contributed by atoms with E-state index >= 15 is 0 Å². The third-order valence-electron chi connectivity index (χ3n) is 3.68. The molecule has 1 fully saturated rings. The molecule has 6 heteroatoms. The number of hydrogen-bond donors (Lipinski definition) is 2. The minimum atomic E-state index is -0.338. The van der Waals surface area contributed by atoms with Crippen LogP contribution in [0.2, 0.25) is 0 Å². The Hall–Kier alpha value is -1.40. The number of aromatic nitrogens is 2. The second-order valence-corrected chi connectivity index (χ2v) is 6.63. The number of nitrogens with zero attached hydrogens (tertiary/aromatic N) is 3. The number of morpholine rings is 1. The van der Waals surface area contributed by atoms with Gasteiger partial charge in [0.15, 0.2) is 0 Å². The van der Waals surface area contributed by atoms with E-state index in [0.29, 0.717) is 18.9 Å². The molecule has 1 saturated heterocycles. The van der Waals surface area contributed by atoms with E-state index in [1.165, 1.54) is 0 Å². The molecule has 118 valence electrons.